The summed E-state index contributed by atoms with van der Waals surface area (Å²) in [6.07, 6.45) is 5.68. The van der Waals surface area contributed by atoms with Crippen LogP contribution >= 0.6 is 11.8 Å². The molecule has 0 aromatic heterocycles. The number of allylic oxidation sites excluding steroid dienone is 2. The first-order chi connectivity index (χ1) is 3.41. The van der Waals surface area contributed by atoms with E-state index in [0.717, 1.165) is 0 Å². The van der Waals surface area contributed by atoms with Crippen molar-refractivity contribution in [1.82, 2.24) is 0 Å². The minimum absolute atomic E-state index is 1.51. The lowest BCUT2D eigenvalue weighted by molar-refractivity contribution is 2.09. The van der Waals surface area contributed by atoms with Crippen LogP contribution in [0.3, 0.4) is 0 Å². The highest BCUT2D eigenvalue weighted by Gasteiger charge is 1.57. The molecular formula is C5H7BS. The van der Waals surface area contributed by atoms with Gasteiger partial charge in [0.05, 0.1) is 0 Å². The van der Waals surface area contributed by atoms with Crippen LogP contribution in [-0.4, -0.2) is 14.1 Å². The van der Waals surface area contributed by atoms with E-state index in [1.807, 2.05) is 17.7 Å². The molecule has 0 atom stereocenters. The Hall–Kier alpha value is -0.105. The van der Waals surface area contributed by atoms with Crippen molar-refractivity contribution in [1.29, 1.82) is 0 Å². The summed E-state index contributed by atoms with van der Waals surface area (Å²) in [5, 5.41) is 1.96. The highest BCUT2D eigenvalue weighted by atomic mass is 32.2. The quantitative estimate of drug-likeness (QED) is 0.383. The van der Waals surface area contributed by atoms with Crippen LogP contribution in [0.1, 0.15) is 0 Å². The molecule has 0 aliphatic heterocycles. The van der Waals surface area contributed by atoms with Crippen molar-refractivity contribution < 1.29 is 0 Å². The van der Waals surface area contributed by atoms with Crippen LogP contribution in [0.4, 0.5) is 0 Å². The first kappa shape index (κ1) is 6.89. The van der Waals surface area contributed by atoms with Gasteiger partial charge in [0.1, 0.15) is 7.85 Å². The second-order valence-electron chi connectivity index (χ2n) is 0.949. The van der Waals surface area contributed by atoms with E-state index in [-0.39, 0.29) is 0 Å². The number of thioether (sulfide) groups is 1. The minimum Gasteiger partial charge on any atom is -0.138 e. The zero-order valence-corrected chi connectivity index (χ0v) is 5.11. The lowest BCUT2D eigenvalue weighted by Crippen LogP contribution is -1.48. The van der Waals surface area contributed by atoms with E-state index in [0.29, 0.717) is 0 Å². The van der Waals surface area contributed by atoms with Crippen molar-refractivity contribution in [3.8, 4) is 0 Å². The van der Waals surface area contributed by atoms with Gasteiger partial charge in [0.2, 0.25) is 0 Å². The summed E-state index contributed by atoms with van der Waals surface area (Å²) in [5.74, 6) is 1.51. The van der Waals surface area contributed by atoms with Crippen molar-refractivity contribution in [2.45, 2.75) is 0 Å². The standard InChI is InChI=1S/C5H7BS/c1-7-5-3-2-4-6/h2-5H,1H3. The Morgan fingerprint density at radius 2 is 2.14 bits per heavy atom. The third-order valence-corrected chi connectivity index (χ3v) is 0.866. The second kappa shape index (κ2) is 5.89. The van der Waals surface area contributed by atoms with E-state index in [1.54, 1.807) is 17.8 Å². The Labute approximate surface area is 50.1 Å². The smallest absolute Gasteiger partial charge is 0.102 e. The lowest BCUT2D eigenvalue weighted by Gasteiger charge is -1.70. The van der Waals surface area contributed by atoms with Crippen molar-refractivity contribution in [2.24, 2.45) is 0 Å². The summed E-state index contributed by atoms with van der Waals surface area (Å²) in [5.41, 5.74) is 0. The van der Waals surface area contributed by atoms with Crippen molar-refractivity contribution in [2.75, 3.05) is 6.26 Å². The van der Waals surface area contributed by atoms with Gasteiger partial charge in [0, 0.05) is 0 Å². The van der Waals surface area contributed by atoms with E-state index in [2.05, 4.69) is 0 Å². The largest absolute Gasteiger partial charge is 0.138 e. The Bertz CT molecular complexity index is 76.1. The first-order valence-corrected chi connectivity index (χ1v) is 3.27. The van der Waals surface area contributed by atoms with E-state index in [4.69, 9.17) is 7.85 Å². The van der Waals surface area contributed by atoms with Crippen LogP contribution in [-0.2, 0) is 0 Å². The maximum absolute atomic E-state index is 5.03. The van der Waals surface area contributed by atoms with Crippen molar-refractivity contribution in [3.63, 3.8) is 0 Å². The molecule has 2 heteroatoms. The molecule has 0 saturated heterocycles. The summed E-state index contributed by atoms with van der Waals surface area (Å²) in [4.78, 5) is 0. The fourth-order valence-electron chi connectivity index (χ4n) is 0.188. The third kappa shape index (κ3) is 5.89. The Morgan fingerprint density at radius 3 is 2.57 bits per heavy atom. The predicted octanol–water partition coefficient (Wildman–Crippen LogP) is 1.55. The van der Waals surface area contributed by atoms with Gasteiger partial charge in [-0.1, -0.05) is 12.2 Å². The van der Waals surface area contributed by atoms with E-state index < -0.39 is 0 Å². The molecule has 0 aromatic carbocycles. The van der Waals surface area contributed by atoms with Crippen molar-refractivity contribution in [3.05, 3.63) is 23.5 Å². The molecule has 36 valence electrons. The molecule has 0 unspecified atom stereocenters. The topological polar surface area (TPSA) is 0 Å². The van der Waals surface area contributed by atoms with Crippen LogP contribution in [0.15, 0.2) is 23.5 Å². The predicted molar refractivity (Wildman–Crippen MR) is 37.5 cm³/mol. The van der Waals surface area contributed by atoms with Crippen LogP contribution in [0.25, 0.3) is 0 Å². The second-order valence-corrected chi connectivity index (χ2v) is 1.69. The zero-order valence-electron chi connectivity index (χ0n) is 4.29. The molecule has 7 heavy (non-hydrogen) atoms. The Kier molecular flexibility index (Phi) is 5.81. The van der Waals surface area contributed by atoms with Crippen LogP contribution in [0, 0.1) is 0 Å². The Balaban J connectivity index is 3.09. The fourth-order valence-corrected chi connectivity index (χ4v) is 0.436. The molecule has 0 aliphatic carbocycles. The van der Waals surface area contributed by atoms with Gasteiger partial charge >= 0.3 is 0 Å². The molecule has 0 amide bonds. The van der Waals surface area contributed by atoms with Crippen LogP contribution in [0.5, 0.6) is 0 Å². The van der Waals surface area contributed by atoms with E-state index >= 15 is 0 Å². The maximum atomic E-state index is 5.03. The van der Waals surface area contributed by atoms with Gasteiger partial charge in [-0.05, 0) is 11.7 Å². The SMILES string of the molecule is [B]C=CC=CSC. The zero-order chi connectivity index (χ0) is 5.54. The molecule has 0 saturated carbocycles. The average molecular weight is 110 g/mol. The maximum Gasteiger partial charge on any atom is 0.102 e. The molecule has 0 aliphatic rings. The van der Waals surface area contributed by atoms with E-state index in [1.165, 1.54) is 5.98 Å². The summed E-state index contributed by atoms with van der Waals surface area (Å²) in [6, 6.07) is 0. The molecule has 0 nitrogen and oxygen atoms in total. The van der Waals surface area contributed by atoms with Gasteiger partial charge in [0.15, 0.2) is 0 Å². The highest BCUT2D eigenvalue weighted by molar-refractivity contribution is 8.01. The van der Waals surface area contributed by atoms with Gasteiger partial charge < -0.3 is 0 Å². The highest BCUT2D eigenvalue weighted by Crippen LogP contribution is 1.91. The average Bonchev–Trinajstić information content (AvgIpc) is 1.69. The monoisotopic (exact) mass is 110 g/mol. The first-order valence-electron chi connectivity index (χ1n) is 1.98. The molecule has 0 rings (SSSR count). The molecule has 0 fully saturated rings. The number of hydrogen-bond donors (Lipinski definition) is 0. The number of hydrogen-bond acceptors (Lipinski definition) is 1. The van der Waals surface area contributed by atoms with E-state index in [9.17, 15) is 0 Å². The molecular weight excluding hydrogens is 103 g/mol. The summed E-state index contributed by atoms with van der Waals surface area (Å²) in [7, 11) is 5.03. The molecule has 0 N–H and O–H groups in total. The minimum atomic E-state index is 1.51. The summed E-state index contributed by atoms with van der Waals surface area (Å²) >= 11 is 1.65. The molecule has 2 radical (unpaired) electrons. The van der Waals surface area contributed by atoms with Gasteiger partial charge in [-0.3, -0.25) is 0 Å². The van der Waals surface area contributed by atoms with Crippen LogP contribution < -0.4 is 0 Å². The fraction of sp³-hybridized carbons (Fsp3) is 0.200. The summed E-state index contributed by atoms with van der Waals surface area (Å²) < 4.78 is 0. The number of rotatable bonds is 2. The summed E-state index contributed by atoms with van der Waals surface area (Å²) in [6.45, 7) is 0. The van der Waals surface area contributed by atoms with Crippen LogP contribution in [0.2, 0.25) is 0 Å². The molecule has 0 heterocycles. The Morgan fingerprint density at radius 1 is 1.43 bits per heavy atom. The van der Waals surface area contributed by atoms with Gasteiger partial charge in [0.25, 0.3) is 0 Å². The van der Waals surface area contributed by atoms with Gasteiger partial charge in [-0.25, -0.2) is 0 Å². The van der Waals surface area contributed by atoms with Gasteiger partial charge in [-0.2, -0.15) is 0 Å². The molecule has 0 bridgehead atoms. The lowest BCUT2D eigenvalue weighted by atomic mass is 10.1. The third-order valence-electron chi connectivity index (χ3n) is 0.437. The van der Waals surface area contributed by atoms with Gasteiger partial charge in [-0.15, -0.1) is 17.7 Å². The molecule has 0 aromatic rings. The molecule has 0 spiro atoms. The van der Waals surface area contributed by atoms with Crippen molar-refractivity contribution >= 4 is 19.6 Å². The normalized spacial score (nSPS) is 11.6.